The summed E-state index contributed by atoms with van der Waals surface area (Å²) in [4.78, 5) is 0. The fourth-order valence-electron chi connectivity index (χ4n) is 1.87. The number of unbranched alkanes of at least 4 members (excludes halogenated alkanes) is 1. The van der Waals surface area contributed by atoms with Crippen molar-refractivity contribution in [2.24, 2.45) is 0 Å². The van der Waals surface area contributed by atoms with Crippen molar-refractivity contribution < 1.29 is 4.39 Å². The molecule has 1 nitrogen and oxygen atoms in total. The van der Waals surface area contributed by atoms with E-state index in [0.717, 1.165) is 5.56 Å². The van der Waals surface area contributed by atoms with Gasteiger partial charge in [-0.25, -0.2) is 4.39 Å². The smallest absolute Gasteiger partial charge is 0.123 e. The van der Waals surface area contributed by atoms with Crippen molar-refractivity contribution in [2.45, 2.75) is 52.1 Å². The molecule has 0 saturated heterocycles. The fraction of sp³-hybridized carbons (Fsp3) is 0.571. The third-order valence-corrected chi connectivity index (χ3v) is 2.90. The summed E-state index contributed by atoms with van der Waals surface area (Å²) >= 11 is 0. The molecule has 2 atom stereocenters. The van der Waals surface area contributed by atoms with Crippen LogP contribution in [0.5, 0.6) is 0 Å². The number of rotatable bonds is 6. The Morgan fingerprint density at radius 2 is 1.81 bits per heavy atom. The second kappa shape index (κ2) is 6.64. The largest absolute Gasteiger partial charge is 0.308 e. The first kappa shape index (κ1) is 13.2. The van der Waals surface area contributed by atoms with Gasteiger partial charge in [-0.05, 0) is 38.0 Å². The minimum Gasteiger partial charge on any atom is -0.308 e. The summed E-state index contributed by atoms with van der Waals surface area (Å²) < 4.78 is 12.8. The van der Waals surface area contributed by atoms with Gasteiger partial charge in [0.2, 0.25) is 0 Å². The molecule has 0 aliphatic carbocycles. The van der Waals surface area contributed by atoms with Crippen LogP contribution >= 0.6 is 0 Å². The number of nitrogens with one attached hydrogen (secondary N) is 1. The Balaban J connectivity index is 2.45. The highest BCUT2D eigenvalue weighted by molar-refractivity contribution is 5.19. The zero-order chi connectivity index (χ0) is 12.0. The Bertz CT molecular complexity index is 294. The molecular weight excluding hydrogens is 201 g/mol. The van der Waals surface area contributed by atoms with Gasteiger partial charge in [-0.2, -0.15) is 0 Å². The molecule has 0 radical (unpaired) electrons. The number of benzene rings is 1. The zero-order valence-electron chi connectivity index (χ0n) is 10.5. The molecule has 0 spiro atoms. The van der Waals surface area contributed by atoms with E-state index in [1.807, 2.05) is 12.1 Å². The first-order chi connectivity index (χ1) is 7.63. The lowest BCUT2D eigenvalue weighted by molar-refractivity contribution is 0.444. The van der Waals surface area contributed by atoms with Crippen molar-refractivity contribution in [3.63, 3.8) is 0 Å². The van der Waals surface area contributed by atoms with E-state index in [2.05, 4.69) is 26.1 Å². The van der Waals surface area contributed by atoms with E-state index in [0.29, 0.717) is 6.04 Å². The summed E-state index contributed by atoms with van der Waals surface area (Å²) in [5, 5.41) is 3.53. The molecule has 90 valence electrons. The maximum Gasteiger partial charge on any atom is 0.123 e. The van der Waals surface area contributed by atoms with Crippen LogP contribution < -0.4 is 5.32 Å². The maximum atomic E-state index is 12.8. The molecule has 1 aromatic carbocycles. The van der Waals surface area contributed by atoms with Crippen molar-refractivity contribution in [3.8, 4) is 0 Å². The van der Waals surface area contributed by atoms with E-state index in [-0.39, 0.29) is 11.9 Å². The molecule has 0 aromatic heterocycles. The summed E-state index contributed by atoms with van der Waals surface area (Å²) in [6, 6.07) is 7.53. The third kappa shape index (κ3) is 4.31. The predicted molar refractivity (Wildman–Crippen MR) is 66.9 cm³/mol. The molecule has 0 fully saturated rings. The normalized spacial score (nSPS) is 14.8. The molecule has 2 heteroatoms. The molecule has 0 heterocycles. The number of halogens is 1. The van der Waals surface area contributed by atoms with Gasteiger partial charge >= 0.3 is 0 Å². The summed E-state index contributed by atoms with van der Waals surface area (Å²) in [6.07, 6.45) is 3.68. The van der Waals surface area contributed by atoms with Crippen LogP contribution in [0.25, 0.3) is 0 Å². The molecule has 0 aliphatic rings. The Labute approximate surface area is 98.1 Å². The van der Waals surface area contributed by atoms with Gasteiger partial charge in [0.1, 0.15) is 5.82 Å². The molecule has 1 N–H and O–H groups in total. The molecular formula is C14H22FN. The second-order valence-electron chi connectivity index (χ2n) is 4.48. The molecule has 0 aliphatic heterocycles. The lowest BCUT2D eigenvalue weighted by atomic mass is 10.1. The van der Waals surface area contributed by atoms with Gasteiger partial charge in [-0.3, -0.25) is 0 Å². The van der Waals surface area contributed by atoms with E-state index >= 15 is 0 Å². The Hall–Kier alpha value is -0.890. The Morgan fingerprint density at radius 3 is 2.38 bits per heavy atom. The quantitative estimate of drug-likeness (QED) is 0.767. The van der Waals surface area contributed by atoms with Crippen LogP contribution in [0.4, 0.5) is 4.39 Å². The van der Waals surface area contributed by atoms with Crippen LogP contribution in [0.2, 0.25) is 0 Å². The highest BCUT2D eigenvalue weighted by Gasteiger charge is 2.08. The Morgan fingerprint density at radius 1 is 1.19 bits per heavy atom. The van der Waals surface area contributed by atoms with Crippen molar-refractivity contribution in [1.82, 2.24) is 5.32 Å². The van der Waals surface area contributed by atoms with Gasteiger partial charge < -0.3 is 5.32 Å². The van der Waals surface area contributed by atoms with Crippen LogP contribution in [-0.4, -0.2) is 6.04 Å². The van der Waals surface area contributed by atoms with Gasteiger partial charge in [-0.1, -0.05) is 31.9 Å². The summed E-state index contributed by atoms with van der Waals surface area (Å²) in [7, 11) is 0. The fourth-order valence-corrected chi connectivity index (χ4v) is 1.87. The minimum absolute atomic E-state index is 0.171. The summed E-state index contributed by atoms with van der Waals surface area (Å²) in [5.41, 5.74) is 1.14. The van der Waals surface area contributed by atoms with Crippen molar-refractivity contribution in [3.05, 3.63) is 35.6 Å². The number of hydrogen-bond donors (Lipinski definition) is 1. The topological polar surface area (TPSA) is 12.0 Å². The Kier molecular flexibility index (Phi) is 5.47. The van der Waals surface area contributed by atoms with Crippen LogP contribution in [0.15, 0.2) is 24.3 Å². The predicted octanol–water partition coefficient (Wildman–Crippen LogP) is 4.06. The third-order valence-electron chi connectivity index (χ3n) is 2.90. The van der Waals surface area contributed by atoms with Crippen LogP contribution in [0.3, 0.4) is 0 Å². The van der Waals surface area contributed by atoms with Gasteiger partial charge in [0.15, 0.2) is 0 Å². The molecule has 0 bridgehead atoms. The van der Waals surface area contributed by atoms with E-state index in [9.17, 15) is 4.39 Å². The minimum atomic E-state index is -0.171. The summed E-state index contributed by atoms with van der Waals surface area (Å²) in [5.74, 6) is -0.171. The van der Waals surface area contributed by atoms with Gasteiger partial charge in [-0.15, -0.1) is 0 Å². The maximum absolute atomic E-state index is 12.8. The van der Waals surface area contributed by atoms with Crippen molar-refractivity contribution >= 4 is 0 Å². The second-order valence-corrected chi connectivity index (χ2v) is 4.48. The first-order valence-electron chi connectivity index (χ1n) is 6.15. The van der Waals surface area contributed by atoms with E-state index in [1.54, 1.807) is 0 Å². The standard InChI is InChI=1S/C14H22FN/c1-4-5-6-11(2)16-12(3)13-7-9-14(15)10-8-13/h7-12,16H,4-6H2,1-3H3. The number of hydrogen-bond acceptors (Lipinski definition) is 1. The SMILES string of the molecule is CCCCC(C)NC(C)c1ccc(F)cc1. The highest BCUT2D eigenvalue weighted by atomic mass is 19.1. The van der Waals surface area contributed by atoms with Gasteiger partial charge in [0.05, 0.1) is 0 Å². The van der Waals surface area contributed by atoms with E-state index in [4.69, 9.17) is 0 Å². The van der Waals surface area contributed by atoms with Gasteiger partial charge in [0.25, 0.3) is 0 Å². The molecule has 16 heavy (non-hydrogen) atoms. The molecule has 1 aromatic rings. The first-order valence-corrected chi connectivity index (χ1v) is 6.15. The van der Waals surface area contributed by atoms with Crippen molar-refractivity contribution in [2.75, 3.05) is 0 Å². The van der Waals surface area contributed by atoms with Crippen molar-refractivity contribution in [1.29, 1.82) is 0 Å². The lowest BCUT2D eigenvalue weighted by Crippen LogP contribution is -2.28. The van der Waals surface area contributed by atoms with E-state index < -0.39 is 0 Å². The molecule has 2 unspecified atom stereocenters. The van der Waals surface area contributed by atoms with Crippen LogP contribution in [0.1, 0.15) is 51.6 Å². The van der Waals surface area contributed by atoms with E-state index in [1.165, 1.54) is 31.4 Å². The summed E-state index contributed by atoms with van der Waals surface area (Å²) in [6.45, 7) is 6.53. The average molecular weight is 223 g/mol. The van der Waals surface area contributed by atoms with Gasteiger partial charge in [0, 0.05) is 12.1 Å². The zero-order valence-corrected chi connectivity index (χ0v) is 10.5. The molecule has 0 amide bonds. The lowest BCUT2D eigenvalue weighted by Gasteiger charge is -2.20. The molecule has 0 saturated carbocycles. The average Bonchev–Trinajstić information content (AvgIpc) is 2.27. The van der Waals surface area contributed by atoms with Crippen LogP contribution in [0, 0.1) is 5.82 Å². The molecule has 1 rings (SSSR count). The monoisotopic (exact) mass is 223 g/mol. The highest BCUT2D eigenvalue weighted by Crippen LogP contribution is 2.14. The van der Waals surface area contributed by atoms with Crippen LogP contribution in [-0.2, 0) is 0 Å².